The van der Waals surface area contributed by atoms with Crippen molar-refractivity contribution in [1.82, 2.24) is 14.5 Å². The van der Waals surface area contributed by atoms with Gasteiger partial charge in [0.1, 0.15) is 5.56 Å². The van der Waals surface area contributed by atoms with Crippen LogP contribution in [-0.4, -0.2) is 51.4 Å². The summed E-state index contributed by atoms with van der Waals surface area (Å²) in [6.45, 7) is 7.47. The minimum Gasteiger partial charge on any atom is -0.493 e. The lowest BCUT2D eigenvalue weighted by atomic mass is 10.1. The molecule has 7 heteroatoms. The molecule has 7 nitrogen and oxygen atoms in total. The molecule has 2 N–H and O–H groups in total. The van der Waals surface area contributed by atoms with Crippen molar-refractivity contribution in [2.45, 2.75) is 39.5 Å². The smallest absolute Gasteiger partial charge is 0.335 e. The minimum atomic E-state index is -0.673. The van der Waals surface area contributed by atoms with Crippen LogP contribution < -0.4 is 11.2 Å². The Morgan fingerprint density at radius 2 is 1.82 bits per heavy atom. The van der Waals surface area contributed by atoms with Crippen molar-refractivity contribution >= 4 is 5.71 Å². The van der Waals surface area contributed by atoms with E-state index in [1.165, 1.54) is 19.3 Å². The number of aromatic nitrogens is 2. The van der Waals surface area contributed by atoms with Gasteiger partial charge >= 0.3 is 5.69 Å². The molecule has 0 aliphatic carbocycles. The molecular weight excluding hydrogens is 356 g/mol. The van der Waals surface area contributed by atoms with E-state index in [2.05, 4.69) is 14.9 Å². The summed E-state index contributed by atoms with van der Waals surface area (Å²) in [4.78, 5) is 33.8. The first-order valence-electron chi connectivity index (χ1n) is 9.86. The number of hydrogen-bond acceptors (Lipinski definition) is 5. The lowest BCUT2D eigenvalue weighted by Gasteiger charge is -2.25. The number of piperidine rings is 1. The highest BCUT2D eigenvalue weighted by atomic mass is 16.3. The van der Waals surface area contributed by atoms with Crippen LogP contribution in [-0.2, 0) is 0 Å². The maximum atomic E-state index is 12.3. The molecular formula is C21H28N4O3. The summed E-state index contributed by atoms with van der Waals surface area (Å²) in [7, 11) is 0. The molecule has 0 saturated carbocycles. The molecule has 1 saturated heterocycles. The van der Waals surface area contributed by atoms with Crippen molar-refractivity contribution in [3.63, 3.8) is 0 Å². The van der Waals surface area contributed by atoms with Gasteiger partial charge in [-0.05, 0) is 64.9 Å². The van der Waals surface area contributed by atoms with Crippen molar-refractivity contribution in [2.75, 3.05) is 26.2 Å². The Bertz CT molecular complexity index is 951. The van der Waals surface area contributed by atoms with Gasteiger partial charge in [-0.3, -0.25) is 14.8 Å². The molecule has 28 heavy (non-hydrogen) atoms. The predicted octanol–water partition coefficient (Wildman–Crippen LogP) is 2.22. The van der Waals surface area contributed by atoms with Crippen molar-refractivity contribution in [1.29, 1.82) is 0 Å². The number of H-pyrrole nitrogens is 1. The van der Waals surface area contributed by atoms with E-state index >= 15 is 0 Å². The van der Waals surface area contributed by atoms with Crippen molar-refractivity contribution in [2.24, 2.45) is 4.99 Å². The SMILES string of the molecule is CC(=NCCCN1CCCCC1)c1c(O)n(-c2ccc(C)cc2)c(=O)[nH]c1=O. The second-order valence-corrected chi connectivity index (χ2v) is 7.35. The number of aryl methyl sites for hydroxylation is 1. The van der Waals surface area contributed by atoms with Gasteiger partial charge < -0.3 is 10.0 Å². The molecule has 0 amide bonds. The Morgan fingerprint density at radius 3 is 2.50 bits per heavy atom. The van der Waals surface area contributed by atoms with E-state index in [9.17, 15) is 14.7 Å². The third-order valence-corrected chi connectivity index (χ3v) is 5.17. The number of nitrogens with one attached hydrogen (secondary N) is 1. The first kappa shape index (κ1) is 20.1. The van der Waals surface area contributed by atoms with Gasteiger partial charge in [0.15, 0.2) is 0 Å². The Morgan fingerprint density at radius 1 is 1.14 bits per heavy atom. The molecule has 3 rings (SSSR count). The molecule has 0 radical (unpaired) electrons. The average Bonchev–Trinajstić information content (AvgIpc) is 2.67. The van der Waals surface area contributed by atoms with E-state index in [-0.39, 0.29) is 11.4 Å². The number of likely N-dealkylation sites (tertiary alicyclic amines) is 1. The van der Waals surface area contributed by atoms with E-state index in [1.807, 2.05) is 19.1 Å². The number of aromatic hydroxyl groups is 1. The maximum Gasteiger partial charge on any atom is 0.335 e. The number of aromatic amines is 1. The van der Waals surface area contributed by atoms with Crippen LogP contribution in [0.5, 0.6) is 5.88 Å². The van der Waals surface area contributed by atoms with Crippen LogP contribution in [0, 0.1) is 6.92 Å². The van der Waals surface area contributed by atoms with E-state index < -0.39 is 11.2 Å². The monoisotopic (exact) mass is 384 g/mol. The van der Waals surface area contributed by atoms with Crippen LogP contribution in [0.1, 0.15) is 43.7 Å². The number of benzene rings is 1. The van der Waals surface area contributed by atoms with Crippen LogP contribution in [0.4, 0.5) is 0 Å². The maximum absolute atomic E-state index is 12.3. The fourth-order valence-electron chi connectivity index (χ4n) is 3.59. The summed E-state index contributed by atoms with van der Waals surface area (Å²) < 4.78 is 1.10. The zero-order chi connectivity index (χ0) is 20.1. The summed E-state index contributed by atoms with van der Waals surface area (Å²) in [6.07, 6.45) is 4.72. The lowest BCUT2D eigenvalue weighted by Crippen LogP contribution is -2.33. The summed E-state index contributed by atoms with van der Waals surface area (Å²) >= 11 is 0. The molecule has 2 heterocycles. The van der Waals surface area contributed by atoms with Crippen LogP contribution >= 0.6 is 0 Å². The van der Waals surface area contributed by atoms with E-state index in [1.54, 1.807) is 19.1 Å². The first-order valence-corrected chi connectivity index (χ1v) is 9.86. The summed E-state index contributed by atoms with van der Waals surface area (Å²) in [6, 6.07) is 7.13. The minimum absolute atomic E-state index is 0.0400. The molecule has 1 fully saturated rings. The number of rotatable bonds is 6. The van der Waals surface area contributed by atoms with Gasteiger partial charge in [0.25, 0.3) is 5.56 Å². The summed E-state index contributed by atoms with van der Waals surface area (Å²) in [5.74, 6) is -0.380. The first-order chi connectivity index (χ1) is 13.5. The molecule has 0 unspecified atom stereocenters. The van der Waals surface area contributed by atoms with Crippen molar-refractivity contribution in [3.8, 4) is 11.6 Å². The molecule has 0 spiro atoms. The van der Waals surface area contributed by atoms with Crippen LogP contribution in [0.25, 0.3) is 5.69 Å². The third-order valence-electron chi connectivity index (χ3n) is 5.17. The highest BCUT2D eigenvalue weighted by Gasteiger charge is 2.17. The number of nitrogens with zero attached hydrogens (tertiary/aromatic N) is 3. The fourth-order valence-corrected chi connectivity index (χ4v) is 3.59. The standard InChI is InChI=1S/C21H28N4O3/c1-15-7-9-17(10-8-15)25-20(27)18(19(26)23-21(25)28)16(2)22-11-6-14-24-12-4-3-5-13-24/h7-10,27H,3-6,11-14H2,1-2H3,(H,23,26,28). The van der Waals surface area contributed by atoms with Gasteiger partial charge in [-0.15, -0.1) is 0 Å². The fraction of sp³-hybridized carbons (Fsp3) is 0.476. The number of hydrogen-bond donors (Lipinski definition) is 2. The molecule has 1 aromatic heterocycles. The Labute approximate surface area is 164 Å². The van der Waals surface area contributed by atoms with Gasteiger partial charge in [0.2, 0.25) is 5.88 Å². The Kier molecular flexibility index (Phi) is 6.46. The van der Waals surface area contributed by atoms with Gasteiger partial charge in [0, 0.05) is 12.3 Å². The van der Waals surface area contributed by atoms with Crippen molar-refractivity contribution < 1.29 is 5.11 Å². The zero-order valence-corrected chi connectivity index (χ0v) is 16.6. The largest absolute Gasteiger partial charge is 0.493 e. The topological polar surface area (TPSA) is 90.7 Å². The van der Waals surface area contributed by atoms with Crippen molar-refractivity contribution in [3.05, 3.63) is 56.2 Å². The molecule has 1 aliphatic rings. The Balaban J connectivity index is 1.80. The molecule has 2 aromatic rings. The van der Waals surface area contributed by atoms with Gasteiger partial charge in [-0.2, -0.15) is 0 Å². The van der Waals surface area contributed by atoms with Crippen LogP contribution in [0.3, 0.4) is 0 Å². The zero-order valence-electron chi connectivity index (χ0n) is 16.6. The highest BCUT2D eigenvalue weighted by Crippen LogP contribution is 2.17. The van der Waals surface area contributed by atoms with E-state index in [4.69, 9.17) is 0 Å². The number of aliphatic imine (C=N–C) groups is 1. The molecule has 1 aliphatic heterocycles. The molecule has 0 bridgehead atoms. The van der Waals surface area contributed by atoms with Gasteiger partial charge in [0.05, 0.1) is 5.69 Å². The van der Waals surface area contributed by atoms with Gasteiger partial charge in [-0.1, -0.05) is 24.1 Å². The quantitative estimate of drug-likeness (QED) is 0.590. The molecule has 150 valence electrons. The average molecular weight is 384 g/mol. The highest BCUT2D eigenvalue weighted by molar-refractivity contribution is 6.00. The summed E-state index contributed by atoms with van der Waals surface area (Å²) in [5, 5.41) is 10.7. The van der Waals surface area contributed by atoms with Gasteiger partial charge in [-0.25, -0.2) is 9.36 Å². The second kappa shape index (κ2) is 9.01. The summed E-state index contributed by atoms with van der Waals surface area (Å²) in [5.41, 5.74) is 0.698. The molecule has 1 aromatic carbocycles. The van der Waals surface area contributed by atoms with E-state index in [0.717, 1.165) is 36.2 Å². The third kappa shape index (κ3) is 4.59. The predicted molar refractivity (Wildman–Crippen MR) is 111 cm³/mol. The normalized spacial score (nSPS) is 15.7. The second-order valence-electron chi connectivity index (χ2n) is 7.35. The van der Waals surface area contributed by atoms with Crippen LogP contribution in [0.15, 0.2) is 38.8 Å². The molecule has 0 atom stereocenters. The van der Waals surface area contributed by atoms with Crippen LogP contribution in [0.2, 0.25) is 0 Å². The lowest BCUT2D eigenvalue weighted by molar-refractivity contribution is 0.228. The Hall–Kier alpha value is -2.67. The van der Waals surface area contributed by atoms with E-state index in [0.29, 0.717) is 17.9 Å².